The van der Waals surface area contributed by atoms with Crippen LogP contribution in [0.1, 0.15) is 30.9 Å². The molecule has 0 aliphatic heterocycles. The van der Waals surface area contributed by atoms with Crippen molar-refractivity contribution in [1.82, 2.24) is 0 Å². The van der Waals surface area contributed by atoms with Crippen LogP contribution >= 0.6 is 0 Å². The molecule has 0 bridgehead atoms. The Bertz CT molecular complexity index is 649. The van der Waals surface area contributed by atoms with Crippen LogP contribution in [0.5, 0.6) is 5.75 Å². The zero-order chi connectivity index (χ0) is 16.1. The predicted molar refractivity (Wildman–Crippen MR) is 90.2 cm³/mol. The van der Waals surface area contributed by atoms with Crippen LogP contribution in [0, 0.1) is 6.92 Å². The van der Waals surface area contributed by atoms with Crippen LogP contribution in [0.3, 0.4) is 0 Å². The van der Waals surface area contributed by atoms with Gasteiger partial charge in [0.05, 0.1) is 0 Å². The molecule has 4 nitrogen and oxygen atoms in total. The van der Waals surface area contributed by atoms with Crippen molar-refractivity contribution in [2.24, 2.45) is 0 Å². The molecule has 0 atom stereocenters. The molecule has 2 aromatic rings. The summed E-state index contributed by atoms with van der Waals surface area (Å²) in [4.78, 5) is 11.9. The SMILES string of the molecule is Cc1cc(OCC(=O)Nc2ccc(N)cc2)ccc1C(C)C. The number of ether oxygens (including phenoxy) is 1. The van der Waals surface area contributed by atoms with Crippen LogP contribution in [0.15, 0.2) is 42.5 Å². The van der Waals surface area contributed by atoms with E-state index in [-0.39, 0.29) is 12.5 Å². The zero-order valence-electron chi connectivity index (χ0n) is 13.2. The Labute approximate surface area is 131 Å². The number of anilines is 2. The quantitative estimate of drug-likeness (QED) is 0.827. The zero-order valence-corrected chi connectivity index (χ0v) is 13.2. The van der Waals surface area contributed by atoms with Crippen molar-refractivity contribution in [3.05, 3.63) is 53.6 Å². The lowest BCUT2D eigenvalue weighted by atomic mass is 9.98. The molecule has 0 fully saturated rings. The molecule has 4 heteroatoms. The second kappa shape index (κ2) is 6.98. The molecule has 0 saturated carbocycles. The number of carbonyl (C=O) groups excluding carboxylic acids is 1. The van der Waals surface area contributed by atoms with E-state index in [0.29, 0.717) is 23.0 Å². The van der Waals surface area contributed by atoms with Crippen molar-refractivity contribution in [3.8, 4) is 5.75 Å². The van der Waals surface area contributed by atoms with E-state index in [1.54, 1.807) is 24.3 Å². The number of amides is 1. The highest BCUT2D eigenvalue weighted by atomic mass is 16.5. The van der Waals surface area contributed by atoms with E-state index in [9.17, 15) is 4.79 Å². The Hall–Kier alpha value is -2.49. The molecule has 2 aromatic carbocycles. The Morgan fingerprint density at radius 1 is 1.18 bits per heavy atom. The van der Waals surface area contributed by atoms with Gasteiger partial charge in [-0.3, -0.25) is 4.79 Å². The summed E-state index contributed by atoms with van der Waals surface area (Å²) in [5.41, 5.74) is 9.43. The minimum atomic E-state index is -0.199. The van der Waals surface area contributed by atoms with Gasteiger partial charge < -0.3 is 15.8 Å². The highest BCUT2D eigenvalue weighted by Gasteiger charge is 2.07. The molecule has 116 valence electrons. The largest absolute Gasteiger partial charge is 0.484 e. The van der Waals surface area contributed by atoms with Crippen molar-refractivity contribution in [2.75, 3.05) is 17.7 Å². The minimum Gasteiger partial charge on any atom is -0.484 e. The number of hydrogen-bond acceptors (Lipinski definition) is 3. The summed E-state index contributed by atoms with van der Waals surface area (Å²) in [5.74, 6) is 0.979. The summed E-state index contributed by atoms with van der Waals surface area (Å²) in [5, 5.41) is 2.76. The summed E-state index contributed by atoms with van der Waals surface area (Å²) < 4.78 is 5.54. The molecular weight excluding hydrogens is 276 g/mol. The summed E-state index contributed by atoms with van der Waals surface area (Å²) in [6, 6.07) is 12.9. The average Bonchev–Trinajstić information content (AvgIpc) is 2.47. The first-order chi connectivity index (χ1) is 10.5. The summed E-state index contributed by atoms with van der Waals surface area (Å²) >= 11 is 0. The number of benzene rings is 2. The number of nitrogens with one attached hydrogen (secondary N) is 1. The second-order valence-electron chi connectivity index (χ2n) is 5.63. The average molecular weight is 298 g/mol. The van der Waals surface area contributed by atoms with E-state index >= 15 is 0 Å². The van der Waals surface area contributed by atoms with E-state index in [1.165, 1.54) is 11.1 Å². The minimum absolute atomic E-state index is 0.0230. The first kappa shape index (κ1) is 15.9. The van der Waals surface area contributed by atoms with E-state index in [0.717, 1.165) is 0 Å². The third-order valence-electron chi connectivity index (χ3n) is 3.43. The van der Waals surface area contributed by atoms with Crippen LogP contribution < -0.4 is 15.8 Å². The number of aryl methyl sites for hydroxylation is 1. The Kier molecular flexibility index (Phi) is 5.04. The Morgan fingerprint density at radius 2 is 1.86 bits per heavy atom. The topological polar surface area (TPSA) is 64.3 Å². The maximum absolute atomic E-state index is 11.9. The molecule has 3 N–H and O–H groups in total. The molecule has 0 unspecified atom stereocenters. The van der Waals surface area contributed by atoms with Gasteiger partial charge in [-0.1, -0.05) is 19.9 Å². The number of carbonyl (C=O) groups is 1. The van der Waals surface area contributed by atoms with Gasteiger partial charge in [-0.2, -0.15) is 0 Å². The van der Waals surface area contributed by atoms with Crippen molar-refractivity contribution in [3.63, 3.8) is 0 Å². The highest BCUT2D eigenvalue weighted by Crippen LogP contribution is 2.23. The fraction of sp³-hybridized carbons (Fsp3) is 0.278. The third kappa shape index (κ3) is 4.25. The molecule has 0 aromatic heterocycles. The second-order valence-corrected chi connectivity index (χ2v) is 5.63. The van der Waals surface area contributed by atoms with E-state index < -0.39 is 0 Å². The van der Waals surface area contributed by atoms with Crippen molar-refractivity contribution in [1.29, 1.82) is 0 Å². The van der Waals surface area contributed by atoms with Gasteiger partial charge in [0.1, 0.15) is 5.75 Å². The lowest BCUT2D eigenvalue weighted by Gasteiger charge is -2.12. The predicted octanol–water partition coefficient (Wildman–Crippen LogP) is 3.72. The number of nitrogen functional groups attached to an aromatic ring is 1. The van der Waals surface area contributed by atoms with Crippen LogP contribution in [0.25, 0.3) is 0 Å². The van der Waals surface area contributed by atoms with Crippen LogP contribution in [-0.2, 0) is 4.79 Å². The number of hydrogen-bond donors (Lipinski definition) is 2. The molecule has 22 heavy (non-hydrogen) atoms. The number of nitrogens with two attached hydrogens (primary N) is 1. The van der Waals surface area contributed by atoms with Gasteiger partial charge in [0, 0.05) is 11.4 Å². The van der Waals surface area contributed by atoms with E-state index in [4.69, 9.17) is 10.5 Å². The highest BCUT2D eigenvalue weighted by molar-refractivity contribution is 5.92. The van der Waals surface area contributed by atoms with Gasteiger partial charge in [0.15, 0.2) is 6.61 Å². The maximum atomic E-state index is 11.9. The van der Waals surface area contributed by atoms with Crippen LogP contribution in [0.4, 0.5) is 11.4 Å². The van der Waals surface area contributed by atoms with Gasteiger partial charge in [0.2, 0.25) is 0 Å². The third-order valence-corrected chi connectivity index (χ3v) is 3.43. The Morgan fingerprint density at radius 3 is 2.45 bits per heavy atom. The van der Waals surface area contributed by atoms with Gasteiger partial charge >= 0.3 is 0 Å². The first-order valence-corrected chi connectivity index (χ1v) is 7.34. The molecular formula is C18H22N2O2. The summed E-state index contributed by atoms with van der Waals surface area (Å²) in [6.07, 6.45) is 0. The maximum Gasteiger partial charge on any atom is 0.262 e. The standard InChI is InChI=1S/C18H22N2O2/c1-12(2)17-9-8-16(10-13(17)3)22-11-18(21)20-15-6-4-14(19)5-7-15/h4-10,12H,11,19H2,1-3H3,(H,20,21). The fourth-order valence-electron chi connectivity index (χ4n) is 2.30. The fourth-order valence-corrected chi connectivity index (χ4v) is 2.30. The summed E-state index contributed by atoms with van der Waals surface area (Å²) in [6.45, 7) is 6.34. The van der Waals surface area contributed by atoms with Gasteiger partial charge in [-0.05, 0) is 60.4 Å². The van der Waals surface area contributed by atoms with Gasteiger partial charge in [-0.25, -0.2) is 0 Å². The monoisotopic (exact) mass is 298 g/mol. The van der Waals surface area contributed by atoms with E-state index in [2.05, 4.69) is 26.1 Å². The van der Waals surface area contributed by atoms with Crippen molar-refractivity contribution < 1.29 is 9.53 Å². The van der Waals surface area contributed by atoms with E-state index in [1.807, 2.05) is 18.2 Å². The van der Waals surface area contributed by atoms with Crippen molar-refractivity contribution >= 4 is 17.3 Å². The lowest BCUT2D eigenvalue weighted by Crippen LogP contribution is -2.20. The molecule has 0 heterocycles. The van der Waals surface area contributed by atoms with Gasteiger partial charge in [0.25, 0.3) is 5.91 Å². The Balaban J connectivity index is 1.91. The summed E-state index contributed by atoms with van der Waals surface area (Å²) in [7, 11) is 0. The van der Waals surface area contributed by atoms with Crippen LogP contribution in [-0.4, -0.2) is 12.5 Å². The number of rotatable bonds is 5. The molecule has 0 radical (unpaired) electrons. The molecule has 0 saturated heterocycles. The van der Waals surface area contributed by atoms with Crippen molar-refractivity contribution in [2.45, 2.75) is 26.7 Å². The smallest absolute Gasteiger partial charge is 0.262 e. The van der Waals surface area contributed by atoms with Crippen LogP contribution in [0.2, 0.25) is 0 Å². The normalized spacial score (nSPS) is 10.5. The van der Waals surface area contributed by atoms with Gasteiger partial charge in [-0.15, -0.1) is 0 Å². The molecule has 1 amide bonds. The molecule has 0 spiro atoms. The first-order valence-electron chi connectivity index (χ1n) is 7.34. The lowest BCUT2D eigenvalue weighted by molar-refractivity contribution is -0.118. The molecule has 0 aliphatic rings. The molecule has 0 aliphatic carbocycles. The molecule has 2 rings (SSSR count).